The molecule has 0 fully saturated rings. The first-order valence-corrected chi connectivity index (χ1v) is 12.4. The zero-order valence-corrected chi connectivity index (χ0v) is 19.3. The monoisotopic (exact) mass is 494 g/mol. The van der Waals surface area contributed by atoms with Gasteiger partial charge in [0, 0.05) is 29.9 Å². The third-order valence-corrected chi connectivity index (χ3v) is 8.15. The number of benzene rings is 3. The van der Waals surface area contributed by atoms with Crippen molar-refractivity contribution in [3.8, 4) is 5.75 Å². The van der Waals surface area contributed by atoms with Crippen LogP contribution in [0.5, 0.6) is 5.75 Å². The zero-order chi connectivity index (χ0) is 23.6. The molecule has 0 atom stereocenters. The maximum atomic E-state index is 12.9. The molecule has 0 spiro atoms. The maximum absolute atomic E-state index is 12.9. The second kappa shape index (κ2) is 9.28. The summed E-state index contributed by atoms with van der Waals surface area (Å²) >= 11 is 1.70. The van der Waals surface area contributed by atoms with Crippen molar-refractivity contribution < 1.29 is 26.3 Å². The maximum Gasteiger partial charge on any atom is 0.573 e. The van der Waals surface area contributed by atoms with Crippen molar-refractivity contribution in [3.63, 3.8) is 0 Å². The number of para-hydroxylation sites is 2. The van der Waals surface area contributed by atoms with Gasteiger partial charge >= 0.3 is 6.36 Å². The minimum atomic E-state index is -4.83. The average molecular weight is 495 g/mol. The molecule has 0 radical (unpaired) electrons. The molecule has 3 aromatic rings. The number of anilines is 2. The Labute approximate surface area is 194 Å². The molecule has 174 valence electrons. The molecule has 10 heteroatoms. The normalized spacial score (nSPS) is 13.5. The minimum absolute atomic E-state index is 0.0930. The van der Waals surface area contributed by atoms with Crippen LogP contribution in [0.15, 0.2) is 87.5 Å². The lowest BCUT2D eigenvalue weighted by molar-refractivity contribution is -0.274. The molecule has 0 saturated heterocycles. The standard InChI is InChI=1S/C23H21F3N2O3S2/c1-27(33(29,30)18-13-11-17(12-14-18)31-23(24,25)26)15-6-16-28-19-7-2-4-9-21(19)32-22-10-5-3-8-20(22)28/h2-5,7-14H,6,15-16H2,1H3. The Morgan fingerprint density at radius 2 is 1.45 bits per heavy atom. The summed E-state index contributed by atoms with van der Waals surface area (Å²) in [4.78, 5) is 4.37. The highest BCUT2D eigenvalue weighted by molar-refractivity contribution is 7.99. The zero-order valence-electron chi connectivity index (χ0n) is 17.6. The highest BCUT2D eigenvalue weighted by Gasteiger charge is 2.31. The molecule has 0 saturated carbocycles. The fourth-order valence-corrected chi connectivity index (χ4v) is 5.89. The van der Waals surface area contributed by atoms with Gasteiger partial charge in [0.25, 0.3) is 0 Å². The summed E-state index contributed by atoms with van der Waals surface area (Å²) in [7, 11) is -2.39. The molecule has 33 heavy (non-hydrogen) atoms. The second-order valence-corrected chi connectivity index (χ2v) is 10.5. The van der Waals surface area contributed by atoms with E-state index < -0.39 is 22.1 Å². The van der Waals surface area contributed by atoms with Crippen LogP contribution in [-0.2, 0) is 10.0 Å². The average Bonchev–Trinajstić information content (AvgIpc) is 2.77. The van der Waals surface area contributed by atoms with Gasteiger partial charge in [0.05, 0.1) is 16.3 Å². The number of rotatable bonds is 7. The predicted molar refractivity (Wildman–Crippen MR) is 122 cm³/mol. The highest BCUT2D eigenvalue weighted by Crippen LogP contribution is 2.47. The number of sulfonamides is 1. The van der Waals surface area contributed by atoms with Crippen molar-refractivity contribution in [2.45, 2.75) is 27.5 Å². The third kappa shape index (κ3) is 5.29. The Kier molecular flexibility index (Phi) is 6.60. The molecule has 0 aromatic heterocycles. The van der Waals surface area contributed by atoms with E-state index in [0.717, 1.165) is 45.4 Å². The summed E-state index contributed by atoms with van der Waals surface area (Å²) in [6, 6.07) is 20.4. The van der Waals surface area contributed by atoms with E-state index in [1.54, 1.807) is 11.8 Å². The van der Waals surface area contributed by atoms with Crippen molar-refractivity contribution in [1.82, 2.24) is 4.31 Å². The van der Waals surface area contributed by atoms with Crippen LogP contribution in [0.3, 0.4) is 0 Å². The first-order chi connectivity index (χ1) is 15.6. The highest BCUT2D eigenvalue weighted by atomic mass is 32.2. The molecule has 1 heterocycles. The van der Waals surface area contributed by atoms with Gasteiger partial charge in [-0.25, -0.2) is 12.7 Å². The third-order valence-electron chi connectivity index (χ3n) is 5.15. The van der Waals surface area contributed by atoms with Gasteiger partial charge in [-0.2, -0.15) is 0 Å². The van der Waals surface area contributed by atoms with Gasteiger partial charge < -0.3 is 9.64 Å². The quantitative estimate of drug-likeness (QED) is 0.409. The van der Waals surface area contributed by atoms with E-state index in [0.29, 0.717) is 13.0 Å². The molecule has 4 rings (SSSR count). The van der Waals surface area contributed by atoms with Crippen molar-refractivity contribution >= 4 is 33.2 Å². The Hall–Kier alpha value is -2.69. The van der Waals surface area contributed by atoms with Crippen molar-refractivity contribution in [2.24, 2.45) is 0 Å². The Morgan fingerprint density at radius 1 is 0.909 bits per heavy atom. The summed E-state index contributed by atoms with van der Waals surface area (Å²) in [6.45, 7) is 0.851. The van der Waals surface area contributed by atoms with Crippen molar-refractivity contribution in [1.29, 1.82) is 0 Å². The first kappa shape index (κ1) is 23.5. The van der Waals surface area contributed by atoms with Crippen molar-refractivity contribution in [3.05, 3.63) is 72.8 Å². The summed E-state index contributed by atoms with van der Waals surface area (Å²) in [5.74, 6) is -0.468. The van der Waals surface area contributed by atoms with Crippen LogP contribution in [0.1, 0.15) is 6.42 Å². The molecule has 0 N–H and O–H groups in total. The summed E-state index contributed by atoms with van der Waals surface area (Å²) in [5.41, 5.74) is 2.15. The molecule has 0 bridgehead atoms. The minimum Gasteiger partial charge on any atom is -0.406 e. The fraction of sp³-hybridized carbons (Fsp3) is 0.217. The van der Waals surface area contributed by atoms with Crippen LogP contribution >= 0.6 is 11.8 Å². The van der Waals surface area contributed by atoms with Crippen LogP contribution in [-0.4, -0.2) is 39.2 Å². The lowest BCUT2D eigenvalue weighted by atomic mass is 10.2. The molecule has 1 aliphatic rings. The number of alkyl halides is 3. The Balaban J connectivity index is 1.44. The molecule has 1 aliphatic heterocycles. The molecule has 5 nitrogen and oxygen atoms in total. The van der Waals surface area contributed by atoms with E-state index in [9.17, 15) is 21.6 Å². The van der Waals surface area contributed by atoms with Gasteiger partial charge in [0.2, 0.25) is 10.0 Å². The van der Waals surface area contributed by atoms with Gasteiger partial charge in [0.1, 0.15) is 5.75 Å². The van der Waals surface area contributed by atoms with Crippen LogP contribution in [0.4, 0.5) is 24.5 Å². The molecule has 3 aromatic carbocycles. The number of hydrogen-bond donors (Lipinski definition) is 0. The Bertz CT molecular complexity index is 1190. The Morgan fingerprint density at radius 3 is 2.00 bits per heavy atom. The van der Waals surface area contributed by atoms with Gasteiger partial charge in [-0.05, 0) is 55.0 Å². The van der Waals surface area contributed by atoms with Crippen molar-refractivity contribution in [2.75, 3.05) is 25.0 Å². The van der Waals surface area contributed by atoms with E-state index in [4.69, 9.17) is 0 Å². The van der Waals surface area contributed by atoms with Gasteiger partial charge in [0.15, 0.2) is 0 Å². The first-order valence-electron chi connectivity index (χ1n) is 10.1. The molecule has 0 unspecified atom stereocenters. The summed E-state index contributed by atoms with van der Waals surface area (Å²) in [5, 5.41) is 0. The van der Waals surface area contributed by atoms with Crippen LogP contribution in [0.2, 0.25) is 0 Å². The predicted octanol–water partition coefficient (Wildman–Crippen LogP) is 5.90. The van der Waals surface area contributed by atoms with E-state index in [2.05, 4.69) is 21.8 Å². The van der Waals surface area contributed by atoms with Gasteiger partial charge in [-0.3, -0.25) is 0 Å². The number of ether oxygens (including phenoxy) is 1. The molecular weight excluding hydrogens is 473 g/mol. The fourth-order valence-electron chi connectivity index (χ4n) is 3.59. The molecular formula is C23H21F3N2O3S2. The number of halogens is 3. The number of nitrogens with zero attached hydrogens (tertiary/aromatic N) is 2. The largest absolute Gasteiger partial charge is 0.573 e. The van der Waals surface area contributed by atoms with E-state index in [1.165, 1.54) is 11.4 Å². The lowest BCUT2D eigenvalue weighted by Gasteiger charge is -2.33. The molecule has 0 amide bonds. The lowest BCUT2D eigenvalue weighted by Crippen LogP contribution is -2.31. The van der Waals surface area contributed by atoms with Crippen LogP contribution in [0, 0.1) is 0 Å². The second-order valence-electron chi connectivity index (χ2n) is 7.39. The topological polar surface area (TPSA) is 49.9 Å². The smallest absolute Gasteiger partial charge is 0.406 e. The summed E-state index contributed by atoms with van der Waals surface area (Å²) in [6.07, 6.45) is -4.28. The van der Waals surface area contributed by atoms with E-state index in [1.807, 2.05) is 36.4 Å². The SMILES string of the molecule is CN(CCCN1c2ccccc2Sc2ccccc21)S(=O)(=O)c1ccc(OC(F)(F)F)cc1. The van der Waals surface area contributed by atoms with Gasteiger partial charge in [-0.15, -0.1) is 13.2 Å². The van der Waals surface area contributed by atoms with E-state index >= 15 is 0 Å². The number of fused-ring (bicyclic) bond motifs is 2. The van der Waals surface area contributed by atoms with Crippen LogP contribution in [0.25, 0.3) is 0 Å². The number of hydrogen-bond acceptors (Lipinski definition) is 5. The van der Waals surface area contributed by atoms with Crippen LogP contribution < -0.4 is 9.64 Å². The molecule has 0 aliphatic carbocycles. The summed E-state index contributed by atoms with van der Waals surface area (Å²) < 4.78 is 67.7. The van der Waals surface area contributed by atoms with E-state index in [-0.39, 0.29) is 11.4 Å². The van der Waals surface area contributed by atoms with Gasteiger partial charge in [-0.1, -0.05) is 36.0 Å².